The van der Waals surface area contributed by atoms with Crippen LogP contribution in [0, 0.1) is 0 Å². The Hall–Kier alpha value is -8.20. The van der Waals surface area contributed by atoms with E-state index < -0.39 is 0 Å². The molecule has 2 aliphatic rings. The van der Waals surface area contributed by atoms with E-state index >= 15 is 0 Å². The fourth-order valence-corrected chi connectivity index (χ4v) is 11.9. The van der Waals surface area contributed by atoms with Crippen LogP contribution < -0.4 is 4.90 Å². The normalized spacial score (nSPS) is 13.8. The number of nitrogens with zero attached hydrogens (tertiary/aromatic N) is 1. The quantitative estimate of drug-likeness (QED) is 0.160. The van der Waals surface area contributed by atoms with E-state index in [1.165, 1.54) is 93.3 Å². The number of fused-ring (bicyclic) bond motifs is 15. The van der Waals surface area contributed by atoms with E-state index in [0.29, 0.717) is 0 Å². The summed E-state index contributed by atoms with van der Waals surface area (Å²) in [5.41, 5.74) is 17.7. The van der Waals surface area contributed by atoms with E-state index in [1.54, 1.807) is 0 Å². The number of benzene rings is 11. The molecule has 0 N–H and O–H groups in total. The molecule has 0 saturated heterocycles. The second-order valence-corrected chi connectivity index (χ2v) is 19.0. The van der Waals surface area contributed by atoms with E-state index in [1.807, 2.05) is 0 Å². The van der Waals surface area contributed by atoms with Crippen molar-refractivity contribution in [1.29, 1.82) is 0 Å². The molecule has 0 amide bonds. The Morgan fingerprint density at radius 2 is 1.12 bits per heavy atom. The van der Waals surface area contributed by atoms with Crippen LogP contribution in [0.3, 0.4) is 0 Å². The van der Waals surface area contributed by atoms with Crippen molar-refractivity contribution in [3.05, 3.63) is 229 Å². The van der Waals surface area contributed by atoms with Gasteiger partial charge in [-0.1, -0.05) is 184 Å². The number of furan rings is 1. The second kappa shape index (κ2) is 14.4. The van der Waals surface area contributed by atoms with Gasteiger partial charge >= 0.3 is 0 Å². The van der Waals surface area contributed by atoms with Gasteiger partial charge in [0.1, 0.15) is 11.2 Å². The van der Waals surface area contributed by atoms with Gasteiger partial charge in [-0.2, -0.15) is 0 Å². The molecule has 12 aromatic rings. The third kappa shape index (κ3) is 5.63. The average molecular weight is 856 g/mol. The highest BCUT2D eigenvalue weighted by Crippen LogP contribution is 2.55. The molecule has 14 rings (SSSR count). The van der Waals surface area contributed by atoms with Gasteiger partial charge in [-0.25, -0.2) is 0 Å². The van der Waals surface area contributed by atoms with Crippen molar-refractivity contribution in [2.75, 3.05) is 4.90 Å². The first-order chi connectivity index (χ1) is 33.0. The van der Waals surface area contributed by atoms with Gasteiger partial charge in [0.2, 0.25) is 0 Å². The average Bonchev–Trinajstić information content (AvgIpc) is 3.87. The van der Waals surface area contributed by atoms with Gasteiger partial charge in [0.25, 0.3) is 0 Å². The Morgan fingerprint density at radius 3 is 2.03 bits per heavy atom. The fraction of sp³-hybridized carbons (Fsp3) is 0.0769. The number of hydrogen-bond acceptors (Lipinski definition) is 2. The molecular formula is C65H45NO. The van der Waals surface area contributed by atoms with Gasteiger partial charge in [-0.3, -0.25) is 0 Å². The maximum Gasteiger partial charge on any atom is 0.136 e. The van der Waals surface area contributed by atoms with Crippen molar-refractivity contribution in [1.82, 2.24) is 0 Å². The van der Waals surface area contributed by atoms with Crippen LogP contribution in [0.4, 0.5) is 17.1 Å². The van der Waals surface area contributed by atoms with Gasteiger partial charge < -0.3 is 9.32 Å². The van der Waals surface area contributed by atoms with Crippen molar-refractivity contribution in [3.63, 3.8) is 0 Å². The van der Waals surface area contributed by atoms with Crippen LogP contribution in [0.15, 0.2) is 211 Å². The van der Waals surface area contributed by atoms with Crippen LogP contribution in [-0.2, 0) is 11.8 Å². The summed E-state index contributed by atoms with van der Waals surface area (Å²) in [6, 6.07) is 74.4. The highest BCUT2D eigenvalue weighted by Gasteiger charge is 2.36. The zero-order valence-electron chi connectivity index (χ0n) is 37.5. The van der Waals surface area contributed by atoms with Crippen LogP contribution in [0.5, 0.6) is 0 Å². The minimum atomic E-state index is -0.183. The van der Waals surface area contributed by atoms with Gasteiger partial charge in [0.05, 0.1) is 5.69 Å². The molecule has 0 bridgehead atoms. The molecule has 0 atom stereocenters. The van der Waals surface area contributed by atoms with E-state index in [-0.39, 0.29) is 5.41 Å². The summed E-state index contributed by atoms with van der Waals surface area (Å²) in [5.74, 6) is 0. The molecule has 0 fully saturated rings. The minimum Gasteiger partial charge on any atom is -0.456 e. The van der Waals surface area contributed by atoms with Crippen LogP contribution in [-0.4, -0.2) is 0 Å². The van der Waals surface area contributed by atoms with Gasteiger partial charge in [-0.05, 0) is 143 Å². The van der Waals surface area contributed by atoms with Crippen molar-refractivity contribution < 1.29 is 4.42 Å². The van der Waals surface area contributed by atoms with Crippen molar-refractivity contribution >= 4 is 88.2 Å². The molecule has 2 aliphatic carbocycles. The Kier molecular flexibility index (Phi) is 8.19. The van der Waals surface area contributed by atoms with Gasteiger partial charge in [0, 0.05) is 38.5 Å². The Labute approximate surface area is 389 Å². The first-order valence-electron chi connectivity index (χ1n) is 23.6. The molecule has 316 valence electrons. The molecule has 11 aromatic carbocycles. The maximum atomic E-state index is 6.85. The number of rotatable bonds is 5. The summed E-state index contributed by atoms with van der Waals surface area (Å²) in [6.45, 7) is 4.78. The van der Waals surface area contributed by atoms with E-state index in [4.69, 9.17) is 4.42 Å². The van der Waals surface area contributed by atoms with Crippen molar-refractivity contribution in [2.24, 2.45) is 0 Å². The second-order valence-electron chi connectivity index (χ2n) is 19.0. The lowest BCUT2D eigenvalue weighted by Crippen LogP contribution is -2.17. The van der Waals surface area contributed by atoms with Crippen LogP contribution in [0.25, 0.3) is 104 Å². The highest BCUT2D eigenvalue weighted by molar-refractivity contribution is 6.23. The number of allylic oxidation sites excluding steroid dienone is 1. The largest absolute Gasteiger partial charge is 0.456 e. The standard InChI is InChI=1S/C65H45NO/c1-65(2)58-25-13-12-22-51(58)52-34-31-45(39-59(52)65)66(44-30-33-47-43(37-44)28-27-41-17-6-7-18-46(41)47)64-56(36-35-55-50-21-9-8-19-48(50)49-20-10-11-23-53(49)63(55)64)54-24-14-26-60-62(54)57-32-29-42(38-61(57)67-60)40-15-4-3-5-16-40/h3-10,12-22,24-39H,11,23H2,1-2H3. The molecule has 0 spiro atoms. The monoisotopic (exact) mass is 855 g/mol. The molecule has 0 radical (unpaired) electrons. The third-order valence-corrected chi connectivity index (χ3v) is 15.1. The number of anilines is 3. The summed E-state index contributed by atoms with van der Waals surface area (Å²) in [7, 11) is 0. The SMILES string of the molecule is CC1(C)c2ccccc2-c2ccc(N(c3ccc4c(ccc5ccccc54)c3)c3c(-c4cccc5oc6cc(-c7ccccc7)ccc6c45)ccc4c3c3c(c5ccccc54)C=CCC3)cc21. The summed E-state index contributed by atoms with van der Waals surface area (Å²) in [4.78, 5) is 2.60. The molecular weight excluding hydrogens is 811 g/mol. The molecule has 1 heterocycles. The Bertz CT molecular complexity index is 4070. The summed E-state index contributed by atoms with van der Waals surface area (Å²) in [6.07, 6.45) is 6.68. The maximum absolute atomic E-state index is 6.85. The van der Waals surface area contributed by atoms with E-state index in [0.717, 1.165) is 57.3 Å². The van der Waals surface area contributed by atoms with Crippen molar-refractivity contribution in [3.8, 4) is 33.4 Å². The predicted octanol–water partition coefficient (Wildman–Crippen LogP) is 18.3. The van der Waals surface area contributed by atoms with Crippen LogP contribution >= 0.6 is 0 Å². The number of hydrogen-bond donors (Lipinski definition) is 0. The molecule has 1 aromatic heterocycles. The zero-order valence-corrected chi connectivity index (χ0v) is 37.5. The van der Waals surface area contributed by atoms with Crippen molar-refractivity contribution in [2.45, 2.75) is 32.1 Å². The minimum absolute atomic E-state index is 0.183. The van der Waals surface area contributed by atoms with E-state index in [9.17, 15) is 0 Å². The topological polar surface area (TPSA) is 16.4 Å². The molecule has 2 nitrogen and oxygen atoms in total. The van der Waals surface area contributed by atoms with Gasteiger partial charge in [0.15, 0.2) is 0 Å². The lowest BCUT2D eigenvalue weighted by atomic mass is 9.82. The summed E-state index contributed by atoms with van der Waals surface area (Å²) < 4.78 is 6.85. The molecule has 67 heavy (non-hydrogen) atoms. The van der Waals surface area contributed by atoms with Crippen LogP contribution in [0.1, 0.15) is 42.5 Å². The zero-order chi connectivity index (χ0) is 44.4. The first-order valence-corrected chi connectivity index (χ1v) is 23.6. The smallest absolute Gasteiger partial charge is 0.136 e. The van der Waals surface area contributed by atoms with E-state index in [2.05, 4.69) is 231 Å². The predicted molar refractivity (Wildman–Crippen MR) is 284 cm³/mol. The Balaban J connectivity index is 1.12. The molecule has 0 saturated carbocycles. The van der Waals surface area contributed by atoms with Crippen LogP contribution in [0.2, 0.25) is 0 Å². The highest BCUT2D eigenvalue weighted by atomic mass is 16.3. The lowest BCUT2D eigenvalue weighted by Gasteiger charge is -2.33. The number of aryl methyl sites for hydroxylation is 1. The molecule has 0 aliphatic heterocycles. The summed E-state index contributed by atoms with van der Waals surface area (Å²) >= 11 is 0. The molecule has 2 heteroatoms. The first kappa shape index (κ1) is 38.1. The fourth-order valence-electron chi connectivity index (χ4n) is 11.9. The summed E-state index contributed by atoms with van der Waals surface area (Å²) in [5, 5.41) is 12.4. The third-order valence-electron chi connectivity index (χ3n) is 15.1. The Morgan fingerprint density at radius 1 is 0.433 bits per heavy atom. The molecule has 0 unspecified atom stereocenters. The van der Waals surface area contributed by atoms with Gasteiger partial charge in [-0.15, -0.1) is 0 Å². The lowest BCUT2D eigenvalue weighted by molar-refractivity contribution is 0.660.